The molecule has 2 atom stereocenters. The largest absolute Gasteiger partial charge is 0.467 e. The summed E-state index contributed by atoms with van der Waals surface area (Å²) in [5, 5.41) is 6.74. The van der Waals surface area contributed by atoms with Crippen LogP contribution in [0, 0.1) is 0 Å². The smallest absolute Gasteiger partial charge is 0.257 e. The summed E-state index contributed by atoms with van der Waals surface area (Å²) in [6.45, 7) is 0.772. The Morgan fingerprint density at radius 3 is 2.69 bits per heavy atom. The first kappa shape index (κ1) is 19.7. The number of nitrogens with zero attached hydrogens (tertiary/aromatic N) is 3. The van der Waals surface area contributed by atoms with E-state index in [2.05, 4.69) is 5.10 Å². The van der Waals surface area contributed by atoms with Gasteiger partial charge in [-0.05, 0) is 49.2 Å². The van der Waals surface area contributed by atoms with Gasteiger partial charge in [0, 0.05) is 11.4 Å². The summed E-state index contributed by atoms with van der Waals surface area (Å²) >= 11 is 5.99. The molecule has 2 N–H and O–H groups in total. The van der Waals surface area contributed by atoms with Crippen molar-refractivity contribution in [2.24, 2.45) is 10.8 Å². The maximum atomic E-state index is 13.2. The number of halogens is 1. The molecule has 1 aromatic carbocycles. The van der Waals surface area contributed by atoms with E-state index in [1.807, 2.05) is 23.1 Å². The van der Waals surface area contributed by atoms with Gasteiger partial charge in [-0.3, -0.25) is 14.5 Å². The predicted molar refractivity (Wildman–Crippen MR) is 109 cm³/mol. The fraction of sp³-hybridized carbons (Fsp3) is 0.381. The number of hydrazone groups is 1. The van der Waals surface area contributed by atoms with Crippen molar-refractivity contribution in [3.63, 3.8) is 0 Å². The Morgan fingerprint density at radius 2 is 2.00 bits per heavy atom. The normalized spacial score (nSPS) is 22.5. The van der Waals surface area contributed by atoms with Crippen LogP contribution in [0.2, 0.25) is 5.02 Å². The lowest BCUT2D eigenvalue weighted by atomic mass is 10.0. The van der Waals surface area contributed by atoms with Gasteiger partial charge >= 0.3 is 0 Å². The highest BCUT2D eigenvalue weighted by Gasteiger charge is 2.37. The molecule has 1 fully saturated rings. The molecule has 2 amide bonds. The summed E-state index contributed by atoms with van der Waals surface area (Å²) in [5.74, 6) is 0.117. The lowest BCUT2D eigenvalue weighted by molar-refractivity contribution is -0.137. The van der Waals surface area contributed by atoms with E-state index in [0.29, 0.717) is 30.2 Å². The standard InChI is InChI=1S/C21H23ClN4O3/c22-15-8-6-14(7-9-15)16-12-18(19-5-3-11-29-19)26(24-16)20(27)13-25-10-2-1-4-17(25)21(23)28/h3,5-9,11,17-18H,1-2,4,10,12-13H2,(H2,23,28)/t17-,18+/m1/s1. The first-order valence-electron chi connectivity index (χ1n) is 9.75. The first-order chi connectivity index (χ1) is 14.0. The van der Waals surface area contributed by atoms with Gasteiger partial charge in [0.25, 0.3) is 5.91 Å². The Balaban J connectivity index is 1.58. The van der Waals surface area contributed by atoms with E-state index in [1.165, 1.54) is 5.01 Å². The molecule has 7 nitrogen and oxygen atoms in total. The van der Waals surface area contributed by atoms with Crippen molar-refractivity contribution in [2.45, 2.75) is 37.8 Å². The molecule has 4 rings (SSSR count). The van der Waals surface area contributed by atoms with E-state index < -0.39 is 6.04 Å². The second kappa shape index (κ2) is 8.39. The second-order valence-corrected chi connectivity index (χ2v) is 7.85. The van der Waals surface area contributed by atoms with E-state index in [-0.39, 0.29) is 24.4 Å². The number of hydrogen-bond acceptors (Lipinski definition) is 5. The number of primary amides is 1. The van der Waals surface area contributed by atoms with Gasteiger partial charge in [0.1, 0.15) is 11.8 Å². The topological polar surface area (TPSA) is 92.1 Å². The minimum Gasteiger partial charge on any atom is -0.467 e. The van der Waals surface area contributed by atoms with Gasteiger partial charge in [0.15, 0.2) is 0 Å². The Hall–Kier alpha value is -2.64. The van der Waals surface area contributed by atoms with Gasteiger partial charge in [-0.15, -0.1) is 0 Å². The number of rotatable bonds is 5. The number of amides is 2. The lowest BCUT2D eigenvalue weighted by Crippen LogP contribution is -2.51. The molecule has 1 aromatic heterocycles. The minimum atomic E-state index is -0.405. The molecule has 0 bridgehead atoms. The number of carbonyl (C=O) groups excluding carboxylic acids is 2. The van der Waals surface area contributed by atoms with Crippen LogP contribution in [0.1, 0.15) is 43.0 Å². The van der Waals surface area contributed by atoms with Gasteiger partial charge in [-0.1, -0.05) is 30.2 Å². The molecule has 3 heterocycles. The summed E-state index contributed by atoms with van der Waals surface area (Å²) in [5.41, 5.74) is 7.25. The fourth-order valence-corrected chi connectivity index (χ4v) is 4.13. The van der Waals surface area contributed by atoms with Crippen molar-refractivity contribution >= 4 is 29.1 Å². The molecule has 29 heavy (non-hydrogen) atoms. The summed E-state index contributed by atoms with van der Waals surface area (Å²) in [7, 11) is 0. The number of likely N-dealkylation sites (tertiary alicyclic amines) is 1. The maximum Gasteiger partial charge on any atom is 0.257 e. The van der Waals surface area contributed by atoms with Crippen LogP contribution in [-0.2, 0) is 9.59 Å². The molecule has 1 saturated heterocycles. The first-order valence-corrected chi connectivity index (χ1v) is 10.1. The number of carbonyl (C=O) groups is 2. The van der Waals surface area contributed by atoms with Crippen molar-refractivity contribution < 1.29 is 14.0 Å². The Bertz CT molecular complexity index is 911. The average molecular weight is 415 g/mol. The van der Waals surface area contributed by atoms with Crippen LogP contribution >= 0.6 is 11.6 Å². The second-order valence-electron chi connectivity index (χ2n) is 7.41. The van der Waals surface area contributed by atoms with Gasteiger partial charge in [-0.2, -0.15) is 5.10 Å². The average Bonchev–Trinajstić information content (AvgIpc) is 3.38. The van der Waals surface area contributed by atoms with Crippen molar-refractivity contribution in [1.82, 2.24) is 9.91 Å². The van der Waals surface area contributed by atoms with Gasteiger partial charge < -0.3 is 10.2 Å². The maximum absolute atomic E-state index is 13.2. The Kier molecular flexibility index (Phi) is 5.69. The Morgan fingerprint density at radius 1 is 1.21 bits per heavy atom. The third-order valence-electron chi connectivity index (χ3n) is 5.50. The highest BCUT2D eigenvalue weighted by atomic mass is 35.5. The SMILES string of the molecule is NC(=O)[C@H]1CCCCN1CC(=O)N1N=C(c2ccc(Cl)cc2)C[C@H]1c1ccco1. The van der Waals surface area contributed by atoms with Gasteiger partial charge in [0.2, 0.25) is 5.91 Å². The van der Waals surface area contributed by atoms with Crippen LogP contribution < -0.4 is 5.73 Å². The van der Waals surface area contributed by atoms with E-state index in [9.17, 15) is 9.59 Å². The van der Waals surface area contributed by atoms with E-state index in [1.54, 1.807) is 24.5 Å². The fourth-order valence-electron chi connectivity index (χ4n) is 4.01. The molecule has 0 aliphatic carbocycles. The van der Waals surface area contributed by atoms with Crippen LogP contribution in [0.25, 0.3) is 0 Å². The summed E-state index contributed by atoms with van der Waals surface area (Å²) in [4.78, 5) is 26.8. The summed E-state index contributed by atoms with van der Waals surface area (Å²) in [6, 6.07) is 10.3. The summed E-state index contributed by atoms with van der Waals surface area (Å²) < 4.78 is 5.57. The molecule has 2 aliphatic rings. The van der Waals surface area contributed by atoms with Crippen molar-refractivity contribution in [3.05, 3.63) is 59.0 Å². The van der Waals surface area contributed by atoms with Crippen LogP contribution in [0.3, 0.4) is 0 Å². The molecule has 0 saturated carbocycles. The number of hydrogen-bond donors (Lipinski definition) is 1. The number of nitrogens with two attached hydrogens (primary N) is 1. The molecule has 0 unspecified atom stereocenters. The Labute approximate surface area is 174 Å². The van der Waals surface area contributed by atoms with Gasteiger partial charge in [0.05, 0.1) is 24.6 Å². The third-order valence-corrected chi connectivity index (χ3v) is 5.75. The zero-order valence-electron chi connectivity index (χ0n) is 16.0. The van der Waals surface area contributed by atoms with Crippen molar-refractivity contribution in [3.8, 4) is 0 Å². The highest BCUT2D eigenvalue weighted by Crippen LogP contribution is 2.33. The van der Waals surface area contributed by atoms with Crippen molar-refractivity contribution in [1.29, 1.82) is 0 Å². The number of benzene rings is 1. The minimum absolute atomic E-state index is 0.0994. The van der Waals surface area contributed by atoms with E-state index in [4.69, 9.17) is 21.8 Å². The molecular weight excluding hydrogens is 392 g/mol. The number of piperidine rings is 1. The van der Waals surface area contributed by atoms with Crippen LogP contribution in [-0.4, -0.2) is 46.6 Å². The van der Waals surface area contributed by atoms with Crippen molar-refractivity contribution in [2.75, 3.05) is 13.1 Å². The van der Waals surface area contributed by atoms with Gasteiger partial charge in [-0.25, -0.2) is 5.01 Å². The monoisotopic (exact) mass is 414 g/mol. The highest BCUT2D eigenvalue weighted by molar-refractivity contribution is 6.30. The molecule has 2 aromatic rings. The molecular formula is C21H23ClN4O3. The van der Waals surface area contributed by atoms with Crippen LogP contribution in [0.15, 0.2) is 52.2 Å². The molecule has 152 valence electrons. The summed E-state index contributed by atoms with van der Waals surface area (Å²) in [6.07, 6.45) is 4.70. The quantitative estimate of drug-likeness (QED) is 0.814. The van der Waals surface area contributed by atoms with Crippen LogP contribution in [0.4, 0.5) is 0 Å². The van der Waals surface area contributed by atoms with E-state index in [0.717, 1.165) is 24.1 Å². The lowest BCUT2D eigenvalue weighted by Gasteiger charge is -2.34. The predicted octanol–water partition coefficient (Wildman–Crippen LogP) is 2.95. The molecule has 2 aliphatic heterocycles. The zero-order chi connectivity index (χ0) is 20.4. The zero-order valence-corrected chi connectivity index (χ0v) is 16.7. The third kappa shape index (κ3) is 4.21. The number of furan rings is 1. The molecule has 0 spiro atoms. The molecule has 8 heteroatoms. The molecule has 0 radical (unpaired) electrons. The van der Waals surface area contributed by atoms with E-state index >= 15 is 0 Å². The van der Waals surface area contributed by atoms with Crippen LogP contribution in [0.5, 0.6) is 0 Å².